The molecule has 0 aliphatic heterocycles. The molecule has 0 aliphatic rings. The number of para-hydroxylation sites is 1. The first kappa shape index (κ1) is 26.8. The van der Waals surface area contributed by atoms with Gasteiger partial charge >= 0.3 is 6.18 Å². The van der Waals surface area contributed by atoms with Gasteiger partial charge in [-0.2, -0.15) is 17.7 Å². The topological polar surface area (TPSA) is 8.29 Å². The summed E-state index contributed by atoms with van der Waals surface area (Å²) in [7, 11) is 2.09. The lowest BCUT2D eigenvalue weighted by molar-refractivity contribution is -0.659. The third-order valence-electron chi connectivity index (χ3n) is 9.33. The number of hydrogen-bond donors (Lipinski definition) is 0. The number of nitrogens with zero attached hydrogens (tertiary/aromatic N) is 2. The Morgan fingerprint density at radius 3 is 2.14 bits per heavy atom. The summed E-state index contributed by atoms with van der Waals surface area (Å²) in [5.41, 5.74) is 6.78. The Hall–Kier alpha value is -4.12. The minimum Gasteiger partial charge on any atom is -0.302 e. The normalized spacial score (nSPS) is 13.2. The number of fused-ring (bicyclic) bond motifs is 7. The summed E-state index contributed by atoms with van der Waals surface area (Å²) < 4.78 is 46.6. The first-order valence-corrected chi connectivity index (χ1v) is 14.6. The number of rotatable bonds is 4. The van der Waals surface area contributed by atoms with E-state index in [1.54, 1.807) is 0 Å². The molecule has 0 radical (unpaired) electrons. The molecule has 42 heavy (non-hydrogen) atoms. The molecule has 0 bridgehead atoms. The molecule has 0 saturated carbocycles. The van der Waals surface area contributed by atoms with Gasteiger partial charge in [0.25, 0.3) is 0 Å². The third-order valence-corrected chi connectivity index (χ3v) is 9.33. The fraction of sp³-hybridized carbons (Fsp3) is 0.270. The van der Waals surface area contributed by atoms with Crippen LogP contribution in [-0.2, 0) is 13.5 Å². The maximum absolute atomic E-state index is 14.0. The van der Waals surface area contributed by atoms with E-state index in [4.69, 9.17) is 0 Å². The summed E-state index contributed by atoms with van der Waals surface area (Å²) in [6.07, 6.45) is -2.26. The molecule has 0 aliphatic carbocycles. The number of benzene rings is 4. The van der Waals surface area contributed by atoms with Crippen molar-refractivity contribution in [3.63, 3.8) is 0 Å². The summed E-state index contributed by atoms with van der Waals surface area (Å²) >= 11 is 0. The lowest BCUT2D eigenvalue weighted by atomic mass is 9.83. The van der Waals surface area contributed by atoms with E-state index in [0.717, 1.165) is 49.4 Å². The van der Waals surface area contributed by atoms with E-state index >= 15 is 0 Å². The Labute approximate surface area is 243 Å². The van der Waals surface area contributed by atoms with Crippen molar-refractivity contribution < 1.29 is 17.7 Å². The van der Waals surface area contributed by atoms with Gasteiger partial charge in [-0.05, 0) is 58.9 Å². The molecule has 0 N–H and O–H groups in total. The van der Waals surface area contributed by atoms with Crippen LogP contribution in [0.1, 0.15) is 50.3 Å². The standard InChI is InChI=1S/C37H34F3N2/c1-21(2)29-19-30(22(3)24-12-7-8-13-25(24)29)34-35-27(17-18-41(34)6)26-14-10-15-28-32-23(20-36(4,5)37(38,39)40)11-9-16-31(32)42(35)33(26)28/h7-19,21H,20H2,1-6H3/q+1. The van der Waals surface area contributed by atoms with Crippen LogP contribution in [-0.4, -0.2) is 10.6 Å². The van der Waals surface area contributed by atoms with Crippen LogP contribution >= 0.6 is 0 Å². The van der Waals surface area contributed by atoms with Crippen LogP contribution < -0.4 is 4.57 Å². The first-order valence-electron chi connectivity index (χ1n) is 14.6. The maximum atomic E-state index is 14.0. The van der Waals surface area contributed by atoms with Crippen molar-refractivity contribution in [2.45, 2.75) is 53.1 Å². The Morgan fingerprint density at radius 2 is 1.43 bits per heavy atom. The molecule has 0 spiro atoms. The SMILES string of the molecule is Cc1c(-c2c3c(cc[n+]2C)c2cccc4c5c(CC(C)(C)C(F)(F)F)cccc5n3c24)cc(C(C)C)c2ccccc12. The average Bonchev–Trinajstić information content (AvgIpc) is 3.45. The van der Waals surface area contributed by atoms with Crippen molar-refractivity contribution >= 4 is 48.9 Å². The Balaban J connectivity index is 1.64. The zero-order valence-corrected chi connectivity index (χ0v) is 24.8. The van der Waals surface area contributed by atoms with E-state index in [0.29, 0.717) is 5.92 Å². The second-order valence-corrected chi connectivity index (χ2v) is 12.8. The molecule has 0 atom stereocenters. The number of pyridine rings is 1. The van der Waals surface area contributed by atoms with Gasteiger partial charge in [-0.3, -0.25) is 0 Å². The van der Waals surface area contributed by atoms with Gasteiger partial charge in [-0.15, -0.1) is 0 Å². The summed E-state index contributed by atoms with van der Waals surface area (Å²) in [5.74, 6) is 0.340. The average molecular weight is 564 g/mol. The van der Waals surface area contributed by atoms with Crippen molar-refractivity contribution in [2.24, 2.45) is 12.5 Å². The number of aromatic nitrogens is 2. The molecule has 3 heterocycles. The monoisotopic (exact) mass is 563 g/mol. The van der Waals surface area contributed by atoms with Gasteiger partial charge in [-0.1, -0.05) is 82.3 Å². The molecule has 5 heteroatoms. The van der Waals surface area contributed by atoms with Gasteiger partial charge in [0.05, 0.1) is 22.0 Å². The molecule has 2 nitrogen and oxygen atoms in total. The highest BCUT2D eigenvalue weighted by Crippen LogP contribution is 2.46. The van der Waals surface area contributed by atoms with E-state index < -0.39 is 11.6 Å². The lowest BCUT2D eigenvalue weighted by Gasteiger charge is -2.28. The molecule has 3 aromatic heterocycles. The molecule has 4 aromatic carbocycles. The van der Waals surface area contributed by atoms with Crippen molar-refractivity contribution in [3.05, 3.63) is 95.7 Å². The summed E-state index contributed by atoms with van der Waals surface area (Å²) in [6.45, 7) is 9.26. The Bertz CT molecular complexity index is 2180. The van der Waals surface area contributed by atoms with Gasteiger partial charge in [0.1, 0.15) is 12.6 Å². The fourth-order valence-corrected chi connectivity index (χ4v) is 7.03. The molecular formula is C37H34F3N2+. The molecule has 0 fully saturated rings. The lowest BCUT2D eigenvalue weighted by Crippen LogP contribution is -2.34. The summed E-state index contributed by atoms with van der Waals surface area (Å²) in [6, 6.07) is 25.2. The van der Waals surface area contributed by atoms with Gasteiger partial charge in [0.2, 0.25) is 5.69 Å². The van der Waals surface area contributed by atoms with Crippen LogP contribution in [0, 0.1) is 12.3 Å². The predicted octanol–water partition coefficient (Wildman–Crippen LogP) is 10.0. The van der Waals surface area contributed by atoms with Gasteiger partial charge in [-0.25, -0.2) is 0 Å². The minimum atomic E-state index is -4.30. The smallest absolute Gasteiger partial charge is 0.302 e. The molecule has 7 rings (SSSR count). The largest absolute Gasteiger partial charge is 0.394 e. The number of hydrogen-bond acceptors (Lipinski definition) is 0. The van der Waals surface area contributed by atoms with Gasteiger partial charge in [0, 0.05) is 27.6 Å². The summed E-state index contributed by atoms with van der Waals surface area (Å²) in [4.78, 5) is 0. The van der Waals surface area contributed by atoms with Crippen LogP contribution in [0.15, 0.2) is 79.0 Å². The molecule has 0 amide bonds. The highest BCUT2D eigenvalue weighted by Gasteiger charge is 2.47. The minimum absolute atomic E-state index is 0.0823. The van der Waals surface area contributed by atoms with Crippen LogP contribution in [0.25, 0.3) is 60.1 Å². The molecule has 212 valence electrons. The predicted molar refractivity (Wildman–Crippen MR) is 168 cm³/mol. The van der Waals surface area contributed by atoms with E-state index in [2.05, 4.69) is 97.6 Å². The molecule has 0 unspecified atom stereocenters. The van der Waals surface area contributed by atoms with Crippen LogP contribution in [0.5, 0.6) is 0 Å². The van der Waals surface area contributed by atoms with E-state index in [1.807, 2.05) is 18.2 Å². The van der Waals surface area contributed by atoms with E-state index in [9.17, 15) is 13.2 Å². The fourth-order valence-electron chi connectivity index (χ4n) is 7.03. The van der Waals surface area contributed by atoms with E-state index in [1.165, 1.54) is 41.3 Å². The van der Waals surface area contributed by atoms with Crippen LogP contribution in [0.4, 0.5) is 13.2 Å². The number of aryl methyl sites for hydroxylation is 2. The van der Waals surface area contributed by atoms with Gasteiger partial charge in [0.15, 0.2) is 6.20 Å². The van der Waals surface area contributed by atoms with Crippen LogP contribution in [0.3, 0.4) is 0 Å². The number of halogens is 3. The van der Waals surface area contributed by atoms with Crippen LogP contribution in [0.2, 0.25) is 0 Å². The highest BCUT2D eigenvalue weighted by atomic mass is 19.4. The maximum Gasteiger partial charge on any atom is 0.394 e. The first-order chi connectivity index (χ1) is 19.9. The summed E-state index contributed by atoms with van der Waals surface area (Å²) in [5, 5.41) is 6.69. The van der Waals surface area contributed by atoms with Crippen molar-refractivity contribution in [1.29, 1.82) is 0 Å². The van der Waals surface area contributed by atoms with Crippen molar-refractivity contribution in [3.8, 4) is 11.3 Å². The third kappa shape index (κ3) is 3.62. The molecule has 7 aromatic rings. The quantitative estimate of drug-likeness (QED) is 0.188. The number of alkyl halides is 3. The second kappa shape index (κ2) is 8.94. The zero-order chi connectivity index (χ0) is 29.7. The molecule has 0 saturated heterocycles. The zero-order valence-electron chi connectivity index (χ0n) is 24.8. The second-order valence-electron chi connectivity index (χ2n) is 12.8. The van der Waals surface area contributed by atoms with E-state index in [-0.39, 0.29) is 6.42 Å². The molecular weight excluding hydrogens is 529 g/mol. The highest BCUT2D eigenvalue weighted by molar-refractivity contribution is 6.25. The van der Waals surface area contributed by atoms with Crippen molar-refractivity contribution in [1.82, 2.24) is 4.40 Å². The van der Waals surface area contributed by atoms with Gasteiger partial charge < -0.3 is 4.40 Å². The Morgan fingerprint density at radius 1 is 0.786 bits per heavy atom. The Kier molecular flexibility index (Phi) is 5.69. The van der Waals surface area contributed by atoms with Crippen molar-refractivity contribution in [2.75, 3.05) is 0 Å².